The van der Waals surface area contributed by atoms with E-state index in [-0.39, 0.29) is 11.8 Å². The molecule has 1 saturated heterocycles. The zero-order chi connectivity index (χ0) is 13.1. The number of benzene rings is 1. The number of likely N-dealkylation sites (tertiary alicyclic amines) is 1. The summed E-state index contributed by atoms with van der Waals surface area (Å²) < 4.78 is 0. The highest BCUT2D eigenvalue weighted by atomic mass is 16.1. The van der Waals surface area contributed by atoms with Crippen LogP contribution >= 0.6 is 0 Å². The summed E-state index contributed by atoms with van der Waals surface area (Å²) in [5, 5.41) is 0. The van der Waals surface area contributed by atoms with E-state index < -0.39 is 0 Å². The van der Waals surface area contributed by atoms with Crippen LogP contribution in [0.15, 0.2) is 30.3 Å². The Bertz CT molecular complexity index is 399. The Morgan fingerprint density at radius 1 is 1.22 bits per heavy atom. The zero-order valence-corrected chi connectivity index (χ0v) is 11.6. The standard InChI is InChI=1S/C16H23NO/c1-12(2)15-10-7-11-17(15)13(3)16(18)14-8-5-4-6-9-14/h4-6,8-9,12-13,15H,7,10-11H2,1-3H3. The van der Waals surface area contributed by atoms with Crippen LogP contribution in [0.25, 0.3) is 0 Å². The molecule has 0 N–H and O–H groups in total. The highest BCUT2D eigenvalue weighted by Gasteiger charge is 2.33. The molecule has 1 fully saturated rings. The van der Waals surface area contributed by atoms with Crippen molar-refractivity contribution in [3.8, 4) is 0 Å². The monoisotopic (exact) mass is 245 g/mol. The van der Waals surface area contributed by atoms with E-state index in [1.54, 1.807) is 0 Å². The fourth-order valence-electron chi connectivity index (χ4n) is 3.01. The smallest absolute Gasteiger partial charge is 0.179 e. The lowest BCUT2D eigenvalue weighted by Crippen LogP contribution is -2.44. The quantitative estimate of drug-likeness (QED) is 0.758. The van der Waals surface area contributed by atoms with Gasteiger partial charge in [-0.25, -0.2) is 0 Å². The molecule has 18 heavy (non-hydrogen) atoms. The second-order valence-corrected chi connectivity index (χ2v) is 5.60. The first-order valence-corrected chi connectivity index (χ1v) is 6.96. The zero-order valence-electron chi connectivity index (χ0n) is 11.6. The normalized spacial score (nSPS) is 22.3. The van der Waals surface area contributed by atoms with Crippen LogP contribution in [0.3, 0.4) is 0 Å². The summed E-state index contributed by atoms with van der Waals surface area (Å²) in [7, 11) is 0. The van der Waals surface area contributed by atoms with Crippen molar-refractivity contribution < 1.29 is 4.79 Å². The Morgan fingerprint density at radius 3 is 2.50 bits per heavy atom. The molecule has 2 rings (SSSR count). The lowest BCUT2D eigenvalue weighted by molar-refractivity contribution is 0.0785. The van der Waals surface area contributed by atoms with Gasteiger partial charge in [-0.2, -0.15) is 0 Å². The van der Waals surface area contributed by atoms with E-state index in [0.29, 0.717) is 12.0 Å². The molecule has 0 radical (unpaired) electrons. The van der Waals surface area contributed by atoms with Crippen LogP contribution in [0.1, 0.15) is 44.0 Å². The van der Waals surface area contributed by atoms with Crippen LogP contribution in [0.2, 0.25) is 0 Å². The van der Waals surface area contributed by atoms with Gasteiger partial charge in [0.15, 0.2) is 5.78 Å². The maximum absolute atomic E-state index is 12.5. The maximum Gasteiger partial charge on any atom is 0.179 e. The first-order chi connectivity index (χ1) is 8.61. The molecule has 0 spiro atoms. The molecule has 0 saturated carbocycles. The first-order valence-electron chi connectivity index (χ1n) is 6.96. The molecule has 1 aliphatic heterocycles. The molecular weight excluding hydrogens is 222 g/mol. The molecule has 2 heteroatoms. The molecule has 2 nitrogen and oxygen atoms in total. The van der Waals surface area contributed by atoms with E-state index in [4.69, 9.17) is 0 Å². The molecule has 1 heterocycles. The highest BCUT2D eigenvalue weighted by molar-refractivity contribution is 5.99. The van der Waals surface area contributed by atoms with Crippen molar-refractivity contribution in [1.29, 1.82) is 0 Å². The predicted octanol–water partition coefficient (Wildman–Crippen LogP) is 3.38. The van der Waals surface area contributed by atoms with E-state index in [1.807, 2.05) is 30.3 Å². The molecule has 0 aromatic heterocycles. The largest absolute Gasteiger partial charge is 0.292 e. The number of hydrogen-bond donors (Lipinski definition) is 0. The van der Waals surface area contributed by atoms with Crippen LogP contribution < -0.4 is 0 Å². The van der Waals surface area contributed by atoms with Gasteiger partial charge >= 0.3 is 0 Å². The lowest BCUT2D eigenvalue weighted by Gasteiger charge is -2.32. The van der Waals surface area contributed by atoms with E-state index in [1.165, 1.54) is 12.8 Å². The number of Topliss-reactive ketones (excluding diaryl/α,β-unsaturated/α-hetero) is 1. The first kappa shape index (κ1) is 13.3. The molecule has 2 atom stereocenters. The molecule has 1 aromatic carbocycles. The van der Waals surface area contributed by atoms with Gasteiger partial charge in [0.2, 0.25) is 0 Å². The summed E-state index contributed by atoms with van der Waals surface area (Å²) in [5.41, 5.74) is 0.833. The summed E-state index contributed by atoms with van der Waals surface area (Å²) in [4.78, 5) is 14.8. The molecule has 0 aliphatic carbocycles. The third-order valence-electron chi connectivity index (χ3n) is 4.05. The second kappa shape index (κ2) is 5.66. The molecule has 1 aromatic rings. The third-order valence-corrected chi connectivity index (χ3v) is 4.05. The fraction of sp³-hybridized carbons (Fsp3) is 0.562. The Labute approximate surface area is 110 Å². The molecule has 0 amide bonds. The van der Waals surface area contributed by atoms with Crippen molar-refractivity contribution in [3.05, 3.63) is 35.9 Å². The van der Waals surface area contributed by atoms with Crippen LogP contribution in [0.5, 0.6) is 0 Å². The summed E-state index contributed by atoms with van der Waals surface area (Å²) in [6, 6.07) is 10.2. The maximum atomic E-state index is 12.5. The minimum absolute atomic E-state index is 0.00213. The fourth-order valence-corrected chi connectivity index (χ4v) is 3.01. The van der Waals surface area contributed by atoms with E-state index in [9.17, 15) is 4.79 Å². The number of ketones is 1. The van der Waals surface area contributed by atoms with Crippen molar-refractivity contribution in [3.63, 3.8) is 0 Å². The topological polar surface area (TPSA) is 20.3 Å². The lowest BCUT2D eigenvalue weighted by atomic mass is 9.98. The van der Waals surface area contributed by atoms with Crippen molar-refractivity contribution in [2.45, 2.75) is 45.7 Å². The van der Waals surface area contributed by atoms with Gasteiger partial charge in [-0.15, -0.1) is 0 Å². The number of carbonyl (C=O) groups excluding carboxylic acids is 1. The van der Waals surface area contributed by atoms with Crippen molar-refractivity contribution >= 4 is 5.78 Å². The highest BCUT2D eigenvalue weighted by Crippen LogP contribution is 2.26. The number of rotatable bonds is 4. The summed E-state index contributed by atoms with van der Waals surface area (Å²) in [6.07, 6.45) is 2.44. The summed E-state index contributed by atoms with van der Waals surface area (Å²) >= 11 is 0. The van der Waals surface area contributed by atoms with Gasteiger partial charge < -0.3 is 0 Å². The molecule has 1 aliphatic rings. The van der Waals surface area contributed by atoms with Crippen LogP contribution in [-0.2, 0) is 0 Å². The summed E-state index contributed by atoms with van der Waals surface area (Å²) in [6.45, 7) is 7.62. The van der Waals surface area contributed by atoms with Gasteiger partial charge in [0.25, 0.3) is 0 Å². The van der Waals surface area contributed by atoms with Gasteiger partial charge in [-0.05, 0) is 32.2 Å². The average Bonchev–Trinajstić information content (AvgIpc) is 2.87. The van der Waals surface area contributed by atoms with E-state index in [2.05, 4.69) is 25.7 Å². The Morgan fingerprint density at radius 2 is 1.89 bits per heavy atom. The number of hydrogen-bond acceptors (Lipinski definition) is 2. The van der Waals surface area contributed by atoms with Crippen molar-refractivity contribution in [1.82, 2.24) is 4.90 Å². The van der Waals surface area contributed by atoms with Crippen LogP contribution in [0, 0.1) is 5.92 Å². The minimum atomic E-state index is 0.00213. The van der Waals surface area contributed by atoms with E-state index in [0.717, 1.165) is 12.1 Å². The van der Waals surface area contributed by atoms with Gasteiger partial charge in [0.05, 0.1) is 6.04 Å². The van der Waals surface area contributed by atoms with Crippen LogP contribution in [-0.4, -0.2) is 29.3 Å². The van der Waals surface area contributed by atoms with Crippen LogP contribution in [0.4, 0.5) is 0 Å². The SMILES string of the molecule is CC(C)C1CCCN1C(C)C(=O)c1ccccc1. The molecule has 98 valence electrons. The van der Waals surface area contributed by atoms with Gasteiger partial charge in [0.1, 0.15) is 0 Å². The van der Waals surface area contributed by atoms with Gasteiger partial charge in [0, 0.05) is 11.6 Å². The van der Waals surface area contributed by atoms with E-state index >= 15 is 0 Å². The minimum Gasteiger partial charge on any atom is -0.292 e. The second-order valence-electron chi connectivity index (χ2n) is 5.60. The Balaban J connectivity index is 2.11. The number of carbonyl (C=O) groups is 1. The number of nitrogens with zero attached hydrogens (tertiary/aromatic N) is 1. The Kier molecular flexibility index (Phi) is 4.18. The average molecular weight is 245 g/mol. The van der Waals surface area contributed by atoms with Gasteiger partial charge in [-0.3, -0.25) is 9.69 Å². The molecular formula is C16H23NO. The van der Waals surface area contributed by atoms with Gasteiger partial charge in [-0.1, -0.05) is 44.2 Å². The molecule has 2 unspecified atom stereocenters. The van der Waals surface area contributed by atoms with Crippen molar-refractivity contribution in [2.24, 2.45) is 5.92 Å². The third kappa shape index (κ3) is 2.64. The van der Waals surface area contributed by atoms with Crippen molar-refractivity contribution in [2.75, 3.05) is 6.54 Å². The predicted molar refractivity (Wildman–Crippen MR) is 74.8 cm³/mol. The Hall–Kier alpha value is -1.15. The molecule has 0 bridgehead atoms. The summed E-state index contributed by atoms with van der Waals surface area (Å²) in [5.74, 6) is 0.877.